The van der Waals surface area contributed by atoms with Gasteiger partial charge in [0, 0.05) is 30.5 Å². The first-order chi connectivity index (χ1) is 19.5. The molecule has 0 spiro atoms. The number of rotatable bonds is 10. The number of aliphatic hydroxyl groups is 2. The number of benzene rings is 2. The lowest BCUT2D eigenvalue weighted by Crippen LogP contribution is -2.24. The van der Waals surface area contributed by atoms with Gasteiger partial charge in [0.1, 0.15) is 5.82 Å². The smallest absolute Gasteiger partial charge is 0.318 e. The van der Waals surface area contributed by atoms with E-state index >= 15 is 0 Å². The maximum absolute atomic E-state index is 14.0. The number of pyridine rings is 1. The Kier molecular flexibility index (Phi) is 9.73. The first-order valence-corrected chi connectivity index (χ1v) is 14.0. The molecule has 0 saturated heterocycles. The Bertz CT molecular complexity index is 1410. The second-order valence-electron chi connectivity index (χ2n) is 11.0. The fourth-order valence-electron chi connectivity index (χ4n) is 5.60. The molecule has 41 heavy (non-hydrogen) atoms. The van der Waals surface area contributed by atoms with Crippen molar-refractivity contribution in [1.82, 2.24) is 10.3 Å². The number of nitrogens with one attached hydrogen (secondary N) is 2. The summed E-state index contributed by atoms with van der Waals surface area (Å²) in [6, 6.07) is 12.0. The molecule has 1 heterocycles. The van der Waals surface area contributed by atoms with Crippen molar-refractivity contribution in [3.8, 4) is 11.1 Å². The molecule has 0 saturated carbocycles. The summed E-state index contributed by atoms with van der Waals surface area (Å²) in [5.41, 5.74) is 8.63. The average Bonchev–Trinajstić information content (AvgIpc) is 3.09. The van der Waals surface area contributed by atoms with Crippen LogP contribution < -0.4 is 10.6 Å². The van der Waals surface area contributed by atoms with Crippen LogP contribution in [0, 0.1) is 5.82 Å². The van der Waals surface area contributed by atoms with Crippen LogP contribution in [0.1, 0.15) is 72.7 Å². The number of carbonyl (C=O) groups is 2. The molecule has 2 aromatic carbocycles. The zero-order valence-corrected chi connectivity index (χ0v) is 23.7. The van der Waals surface area contributed by atoms with Crippen molar-refractivity contribution >= 4 is 17.7 Å². The van der Waals surface area contributed by atoms with Gasteiger partial charge in [-0.1, -0.05) is 32.0 Å². The van der Waals surface area contributed by atoms with Crippen LogP contribution in [-0.2, 0) is 30.5 Å². The van der Waals surface area contributed by atoms with E-state index in [1.165, 1.54) is 17.7 Å². The van der Waals surface area contributed by atoms with Crippen molar-refractivity contribution in [2.75, 3.05) is 12.4 Å². The molecule has 4 rings (SSSR count). The van der Waals surface area contributed by atoms with Gasteiger partial charge in [0.2, 0.25) is 0 Å². The largest absolute Gasteiger partial charge is 0.481 e. The molecule has 0 aliphatic heterocycles. The van der Waals surface area contributed by atoms with Crippen LogP contribution in [0.15, 0.2) is 42.5 Å². The Hall–Kier alpha value is -3.82. The van der Waals surface area contributed by atoms with Crippen molar-refractivity contribution < 1.29 is 29.3 Å². The van der Waals surface area contributed by atoms with E-state index in [1.54, 1.807) is 19.2 Å². The number of carbonyl (C=O) groups excluding carboxylic acids is 1. The SMILES string of the molecule is CNC(=O)Nc1ccc2c(c1)Cc1c(nc(C(C)C)c(CC[C@@H](O)C[C@@H](O)CC(=O)O)c1-c1ccc(F)cc1)CC2. The summed E-state index contributed by atoms with van der Waals surface area (Å²) in [7, 11) is 1.56. The highest BCUT2D eigenvalue weighted by molar-refractivity contribution is 5.89. The van der Waals surface area contributed by atoms with Crippen molar-refractivity contribution in [1.29, 1.82) is 0 Å². The predicted octanol–water partition coefficient (Wildman–Crippen LogP) is 4.97. The van der Waals surface area contributed by atoms with E-state index in [9.17, 15) is 24.2 Å². The minimum Gasteiger partial charge on any atom is -0.481 e. The number of aliphatic hydroxyl groups excluding tert-OH is 2. The van der Waals surface area contributed by atoms with Gasteiger partial charge in [-0.3, -0.25) is 9.78 Å². The number of hydrogen-bond donors (Lipinski definition) is 5. The molecular formula is C32H38FN3O5. The van der Waals surface area contributed by atoms with Crippen molar-refractivity contribution in [3.63, 3.8) is 0 Å². The van der Waals surface area contributed by atoms with Crippen LogP contribution in [-0.4, -0.2) is 51.6 Å². The first kappa shape index (κ1) is 30.1. The third kappa shape index (κ3) is 7.48. The number of halogens is 1. The van der Waals surface area contributed by atoms with Gasteiger partial charge in [-0.25, -0.2) is 9.18 Å². The fourth-order valence-corrected chi connectivity index (χ4v) is 5.60. The number of hydrogen-bond acceptors (Lipinski definition) is 5. The number of fused-ring (bicyclic) bond motifs is 2. The van der Waals surface area contributed by atoms with Crippen molar-refractivity contribution in [2.24, 2.45) is 0 Å². The van der Waals surface area contributed by atoms with Gasteiger partial charge >= 0.3 is 12.0 Å². The molecule has 0 fully saturated rings. The maximum Gasteiger partial charge on any atom is 0.318 e. The quantitative estimate of drug-likeness (QED) is 0.237. The minimum atomic E-state index is -1.14. The van der Waals surface area contributed by atoms with Crippen molar-refractivity contribution in [3.05, 3.63) is 81.9 Å². The summed E-state index contributed by atoms with van der Waals surface area (Å²) in [5.74, 6) is -1.37. The number of aromatic nitrogens is 1. The van der Waals surface area contributed by atoms with Gasteiger partial charge in [-0.2, -0.15) is 0 Å². The van der Waals surface area contributed by atoms with Gasteiger partial charge < -0.3 is 26.0 Å². The van der Waals surface area contributed by atoms with Gasteiger partial charge in [0.15, 0.2) is 0 Å². The molecule has 2 atom stereocenters. The number of anilines is 1. The van der Waals surface area contributed by atoms with Gasteiger partial charge in [0.25, 0.3) is 0 Å². The Morgan fingerprint density at radius 1 is 1.02 bits per heavy atom. The molecule has 0 bridgehead atoms. The summed E-state index contributed by atoms with van der Waals surface area (Å²) in [6.45, 7) is 4.14. The molecule has 8 nitrogen and oxygen atoms in total. The number of aryl methyl sites for hydroxylation is 2. The molecule has 1 aliphatic carbocycles. The molecule has 3 aromatic rings. The highest BCUT2D eigenvalue weighted by Gasteiger charge is 2.26. The normalized spacial score (nSPS) is 14.0. The van der Waals surface area contributed by atoms with Gasteiger partial charge in [-0.05, 0) is 95.7 Å². The van der Waals surface area contributed by atoms with E-state index in [0.717, 1.165) is 52.0 Å². The molecule has 0 radical (unpaired) electrons. The molecule has 2 amide bonds. The fraction of sp³-hybridized carbons (Fsp3) is 0.406. The second-order valence-corrected chi connectivity index (χ2v) is 11.0. The predicted molar refractivity (Wildman–Crippen MR) is 156 cm³/mol. The molecular weight excluding hydrogens is 525 g/mol. The average molecular weight is 564 g/mol. The number of aliphatic carboxylic acids is 1. The van der Waals surface area contributed by atoms with Crippen molar-refractivity contribution in [2.45, 2.75) is 76.9 Å². The van der Waals surface area contributed by atoms with Crippen LogP contribution in [0.2, 0.25) is 0 Å². The first-order valence-electron chi connectivity index (χ1n) is 14.0. The number of carboxylic acids is 1. The highest BCUT2D eigenvalue weighted by atomic mass is 19.1. The van der Waals surface area contributed by atoms with Crippen LogP contribution >= 0.6 is 0 Å². The zero-order chi connectivity index (χ0) is 29.7. The highest BCUT2D eigenvalue weighted by Crippen LogP contribution is 2.39. The summed E-state index contributed by atoms with van der Waals surface area (Å²) >= 11 is 0. The monoisotopic (exact) mass is 563 g/mol. The number of carboxylic acid groups (broad SMARTS) is 1. The van der Waals surface area contributed by atoms with Gasteiger partial charge in [0.05, 0.1) is 18.6 Å². The van der Waals surface area contributed by atoms with Crippen LogP contribution in [0.3, 0.4) is 0 Å². The third-order valence-corrected chi connectivity index (χ3v) is 7.57. The summed E-state index contributed by atoms with van der Waals surface area (Å²) in [6.07, 6.45) is 0.338. The van der Waals surface area contributed by atoms with E-state index < -0.39 is 24.6 Å². The van der Waals surface area contributed by atoms with E-state index in [2.05, 4.69) is 24.5 Å². The van der Waals surface area contributed by atoms with E-state index in [1.807, 2.05) is 18.2 Å². The minimum absolute atomic E-state index is 0.0396. The number of amides is 2. The lowest BCUT2D eigenvalue weighted by atomic mass is 9.84. The lowest BCUT2D eigenvalue weighted by Gasteiger charge is -2.24. The topological polar surface area (TPSA) is 132 Å². The molecule has 9 heteroatoms. The summed E-state index contributed by atoms with van der Waals surface area (Å²) < 4.78 is 14.0. The third-order valence-electron chi connectivity index (χ3n) is 7.57. The summed E-state index contributed by atoms with van der Waals surface area (Å²) in [4.78, 5) is 28.1. The Morgan fingerprint density at radius 3 is 2.41 bits per heavy atom. The number of urea groups is 1. The van der Waals surface area contributed by atoms with E-state index in [0.29, 0.717) is 24.9 Å². The molecule has 218 valence electrons. The van der Waals surface area contributed by atoms with Crippen LogP contribution in [0.4, 0.5) is 14.9 Å². The molecule has 5 N–H and O–H groups in total. The van der Waals surface area contributed by atoms with Crippen LogP contribution in [0.5, 0.6) is 0 Å². The maximum atomic E-state index is 14.0. The lowest BCUT2D eigenvalue weighted by molar-refractivity contribution is -0.139. The molecule has 1 aliphatic rings. The summed E-state index contributed by atoms with van der Waals surface area (Å²) in [5, 5.41) is 35.1. The second kappa shape index (κ2) is 13.2. The molecule has 0 unspecified atom stereocenters. The van der Waals surface area contributed by atoms with Crippen LogP contribution in [0.25, 0.3) is 11.1 Å². The van der Waals surface area contributed by atoms with Gasteiger partial charge in [-0.15, -0.1) is 0 Å². The number of nitrogens with zero attached hydrogens (tertiary/aromatic N) is 1. The zero-order valence-electron chi connectivity index (χ0n) is 23.7. The van der Waals surface area contributed by atoms with E-state index in [4.69, 9.17) is 10.1 Å². The Morgan fingerprint density at radius 2 is 1.76 bits per heavy atom. The van der Waals surface area contributed by atoms with E-state index in [-0.39, 0.29) is 24.2 Å². The Labute approximate surface area is 239 Å². The Balaban J connectivity index is 1.79. The standard InChI is InChI=1S/C32H38FN3O5/c1-18(2)31-26(12-11-24(37)16-25(38)17-29(39)40)30(20-4-8-22(33)9-5-20)27-15-21-14-23(35-32(41)34-3)10-6-19(21)7-13-28(27)36-31/h4-6,8-10,14,18,24-25,37-38H,7,11-13,15-17H2,1-3H3,(H,39,40)(H2,34,35,41)/t24-,25-/m1/s1. The molecule has 1 aromatic heterocycles.